The van der Waals surface area contributed by atoms with Crippen molar-refractivity contribution in [1.82, 2.24) is 9.38 Å². The van der Waals surface area contributed by atoms with E-state index in [1.54, 1.807) is 12.4 Å². The van der Waals surface area contributed by atoms with Crippen LogP contribution in [0.5, 0.6) is 0 Å². The molecule has 80 valence electrons. The standard InChI is InChI=1S/C10H10N2O2.ClH/c1-7-2-3-9-11-4-5-12(9)8(7)6-10(13)14;/h2-5H,6H2,1H3,(H,13,14);1H. The predicted octanol–water partition coefficient (Wildman–Crippen LogP) is 1.69. The molecule has 0 spiro atoms. The van der Waals surface area contributed by atoms with Gasteiger partial charge in [-0.1, -0.05) is 6.07 Å². The van der Waals surface area contributed by atoms with Gasteiger partial charge in [0, 0.05) is 18.1 Å². The van der Waals surface area contributed by atoms with E-state index in [0.29, 0.717) is 0 Å². The van der Waals surface area contributed by atoms with Gasteiger partial charge in [0.05, 0.1) is 6.42 Å². The van der Waals surface area contributed by atoms with Crippen LogP contribution < -0.4 is 0 Å². The monoisotopic (exact) mass is 226 g/mol. The lowest BCUT2D eigenvalue weighted by Crippen LogP contribution is -2.07. The third-order valence-electron chi connectivity index (χ3n) is 2.22. The number of imidazole rings is 1. The number of aromatic nitrogens is 2. The average Bonchev–Trinajstić information content (AvgIpc) is 2.57. The van der Waals surface area contributed by atoms with Gasteiger partial charge in [-0.25, -0.2) is 4.98 Å². The van der Waals surface area contributed by atoms with Crippen LogP contribution in [0.4, 0.5) is 0 Å². The van der Waals surface area contributed by atoms with Crippen molar-refractivity contribution in [3.8, 4) is 0 Å². The highest BCUT2D eigenvalue weighted by molar-refractivity contribution is 5.85. The van der Waals surface area contributed by atoms with Crippen molar-refractivity contribution in [1.29, 1.82) is 0 Å². The number of carboxylic acid groups (broad SMARTS) is 1. The predicted molar refractivity (Wildman–Crippen MR) is 58.5 cm³/mol. The third-order valence-corrected chi connectivity index (χ3v) is 2.22. The van der Waals surface area contributed by atoms with Crippen LogP contribution in [-0.4, -0.2) is 20.5 Å². The van der Waals surface area contributed by atoms with Crippen molar-refractivity contribution < 1.29 is 9.90 Å². The Labute approximate surface area is 93.0 Å². The van der Waals surface area contributed by atoms with E-state index in [2.05, 4.69) is 4.98 Å². The van der Waals surface area contributed by atoms with Gasteiger partial charge in [0.1, 0.15) is 5.65 Å². The molecule has 0 amide bonds. The smallest absolute Gasteiger partial charge is 0.309 e. The summed E-state index contributed by atoms with van der Waals surface area (Å²) in [4.78, 5) is 14.8. The van der Waals surface area contributed by atoms with Crippen molar-refractivity contribution in [3.05, 3.63) is 35.8 Å². The molecule has 15 heavy (non-hydrogen) atoms. The van der Waals surface area contributed by atoms with Gasteiger partial charge in [0.15, 0.2) is 0 Å². The Bertz CT molecular complexity index is 493. The van der Waals surface area contributed by atoms with Crippen LogP contribution in [0.3, 0.4) is 0 Å². The van der Waals surface area contributed by atoms with Crippen LogP contribution in [-0.2, 0) is 11.2 Å². The molecule has 4 nitrogen and oxygen atoms in total. The Morgan fingerprint density at radius 3 is 2.93 bits per heavy atom. The Morgan fingerprint density at radius 1 is 1.53 bits per heavy atom. The zero-order chi connectivity index (χ0) is 10.1. The van der Waals surface area contributed by atoms with E-state index in [-0.39, 0.29) is 18.8 Å². The first kappa shape index (κ1) is 11.5. The van der Waals surface area contributed by atoms with Crippen LogP contribution in [0.25, 0.3) is 5.65 Å². The van der Waals surface area contributed by atoms with Gasteiger partial charge in [-0.2, -0.15) is 0 Å². The summed E-state index contributed by atoms with van der Waals surface area (Å²) in [6.07, 6.45) is 3.47. The van der Waals surface area contributed by atoms with Crippen molar-refractivity contribution in [2.75, 3.05) is 0 Å². The molecule has 0 aliphatic rings. The maximum absolute atomic E-state index is 10.7. The lowest BCUT2D eigenvalue weighted by Gasteiger charge is -2.06. The Kier molecular flexibility index (Phi) is 3.31. The van der Waals surface area contributed by atoms with Crippen LogP contribution in [0.2, 0.25) is 0 Å². The van der Waals surface area contributed by atoms with E-state index >= 15 is 0 Å². The fourth-order valence-corrected chi connectivity index (χ4v) is 1.52. The first-order chi connectivity index (χ1) is 6.68. The summed E-state index contributed by atoms with van der Waals surface area (Å²) in [5, 5.41) is 8.75. The lowest BCUT2D eigenvalue weighted by molar-refractivity contribution is -0.136. The van der Waals surface area contributed by atoms with Gasteiger partial charge in [0.25, 0.3) is 0 Å². The summed E-state index contributed by atoms with van der Waals surface area (Å²) in [5.74, 6) is -0.825. The van der Waals surface area contributed by atoms with E-state index in [1.807, 2.05) is 23.5 Å². The number of carbonyl (C=O) groups is 1. The molecule has 2 aromatic rings. The van der Waals surface area contributed by atoms with Crippen molar-refractivity contribution in [2.24, 2.45) is 0 Å². The number of halogens is 1. The number of pyridine rings is 1. The van der Waals surface area contributed by atoms with E-state index in [0.717, 1.165) is 16.9 Å². The summed E-state index contributed by atoms with van der Waals surface area (Å²) < 4.78 is 1.81. The average molecular weight is 227 g/mol. The number of nitrogens with zero attached hydrogens (tertiary/aromatic N) is 2. The summed E-state index contributed by atoms with van der Waals surface area (Å²) in [5.41, 5.74) is 2.54. The van der Waals surface area contributed by atoms with Gasteiger partial charge in [-0.3, -0.25) is 4.79 Å². The second-order valence-electron chi connectivity index (χ2n) is 3.19. The first-order valence-electron chi connectivity index (χ1n) is 4.32. The molecule has 0 radical (unpaired) electrons. The topological polar surface area (TPSA) is 54.6 Å². The Morgan fingerprint density at radius 2 is 2.27 bits per heavy atom. The molecule has 0 aliphatic carbocycles. The molecule has 0 fully saturated rings. The number of rotatable bonds is 2. The second-order valence-corrected chi connectivity index (χ2v) is 3.19. The Balaban J connectivity index is 0.00000112. The van der Waals surface area contributed by atoms with Crippen molar-refractivity contribution in [2.45, 2.75) is 13.3 Å². The molecule has 0 aromatic carbocycles. The molecule has 0 unspecified atom stereocenters. The summed E-state index contributed by atoms with van der Waals surface area (Å²) in [6, 6.07) is 3.77. The molecule has 5 heteroatoms. The molecular weight excluding hydrogens is 216 g/mol. The number of hydrogen-bond acceptors (Lipinski definition) is 2. The van der Waals surface area contributed by atoms with Gasteiger partial charge in [-0.15, -0.1) is 12.4 Å². The molecular formula is C10H11ClN2O2. The fraction of sp³-hybridized carbons (Fsp3) is 0.200. The largest absolute Gasteiger partial charge is 0.481 e. The SMILES string of the molecule is Cc1ccc2nccn2c1CC(=O)O.Cl. The molecule has 0 bridgehead atoms. The number of aryl methyl sites for hydroxylation is 1. The quantitative estimate of drug-likeness (QED) is 0.848. The number of aliphatic carboxylic acids is 1. The van der Waals surface area contributed by atoms with E-state index in [9.17, 15) is 4.79 Å². The zero-order valence-electron chi connectivity index (χ0n) is 8.17. The minimum absolute atomic E-state index is 0. The highest BCUT2D eigenvalue weighted by atomic mass is 35.5. The van der Waals surface area contributed by atoms with Gasteiger partial charge < -0.3 is 9.51 Å². The molecule has 0 atom stereocenters. The first-order valence-corrected chi connectivity index (χ1v) is 4.32. The minimum Gasteiger partial charge on any atom is -0.481 e. The number of hydrogen-bond donors (Lipinski definition) is 1. The summed E-state index contributed by atoms with van der Waals surface area (Å²) in [7, 11) is 0. The molecule has 1 N–H and O–H groups in total. The normalized spacial score (nSPS) is 9.93. The second kappa shape index (κ2) is 4.31. The van der Waals surface area contributed by atoms with Crippen LogP contribution in [0, 0.1) is 6.92 Å². The molecule has 2 heterocycles. The maximum Gasteiger partial charge on any atom is 0.309 e. The van der Waals surface area contributed by atoms with Gasteiger partial charge in [0.2, 0.25) is 0 Å². The van der Waals surface area contributed by atoms with Crippen LogP contribution in [0.1, 0.15) is 11.3 Å². The number of fused-ring (bicyclic) bond motifs is 1. The maximum atomic E-state index is 10.7. The van der Waals surface area contributed by atoms with E-state index in [1.165, 1.54) is 0 Å². The molecule has 0 saturated carbocycles. The van der Waals surface area contributed by atoms with Gasteiger partial charge in [-0.05, 0) is 18.6 Å². The molecule has 2 rings (SSSR count). The Hall–Kier alpha value is -1.55. The van der Waals surface area contributed by atoms with Crippen LogP contribution in [0.15, 0.2) is 24.5 Å². The summed E-state index contributed by atoms with van der Waals surface area (Å²) >= 11 is 0. The fourth-order valence-electron chi connectivity index (χ4n) is 1.52. The van der Waals surface area contributed by atoms with Crippen molar-refractivity contribution in [3.63, 3.8) is 0 Å². The number of carboxylic acids is 1. The lowest BCUT2D eigenvalue weighted by atomic mass is 10.1. The van der Waals surface area contributed by atoms with E-state index in [4.69, 9.17) is 5.11 Å². The van der Waals surface area contributed by atoms with Crippen LogP contribution >= 0.6 is 12.4 Å². The summed E-state index contributed by atoms with van der Waals surface area (Å²) in [6.45, 7) is 1.90. The molecule has 0 saturated heterocycles. The minimum atomic E-state index is -0.825. The van der Waals surface area contributed by atoms with Crippen molar-refractivity contribution >= 4 is 24.0 Å². The zero-order valence-corrected chi connectivity index (χ0v) is 8.99. The molecule has 2 aromatic heterocycles. The van der Waals surface area contributed by atoms with Gasteiger partial charge >= 0.3 is 5.97 Å². The highest BCUT2D eigenvalue weighted by Crippen LogP contribution is 2.12. The van der Waals surface area contributed by atoms with E-state index < -0.39 is 5.97 Å². The third kappa shape index (κ3) is 2.10. The highest BCUT2D eigenvalue weighted by Gasteiger charge is 2.08. The molecule has 0 aliphatic heterocycles.